The number of hydrogen-bond acceptors (Lipinski definition) is 3. The van der Waals surface area contributed by atoms with Crippen LogP contribution in [-0.4, -0.2) is 10.7 Å². The lowest BCUT2D eigenvalue weighted by molar-refractivity contribution is 0.373. The van der Waals surface area contributed by atoms with Gasteiger partial charge in [-0.15, -0.1) is 11.3 Å². The molecule has 0 atom stereocenters. The molecule has 0 bridgehead atoms. The van der Waals surface area contributed by atoms with Crippen LogP contribution in [-0.2, 0) is 12.2 Å². The van der Waals surface area contributed by atoms with Crippen molar-refractivity contribution in [2.75, 3.05) is 5.75 Å². The molecule has 90 valence electrons. The van der Waals surface area contributed by atoms with Gasteiger partial charge in [0.25, 0.3) is 0 Å². The minimum atomic E-state index is -2.20. The van der Waals surface area contributed by atoms with Gasteiger partial charge < -0.3 is 0 Å². The SMILES string of the molecule is CCc1ncc(CSCCC(F)=C(F)F)s1. The van der Waals surface area contributed by atoms with E-state index in [1.165, 1.54) is 11.8 Å². The van der Waals surface area contributed by atoms with Gasteiger partial charge in [-0.1, -0.05) is 6.92 Å². The van der Waals surface area contributed by atoms with Crippen molar-refractivity contribution in [2.24, 2.45) is 0 Å². The Hall–Kier alpha value is -0.490. The minimum absolute atomic E-state index is 0.202. The Morgan fingerprint density at radius 2 is 2.19 bits per heavy atom. The fourth-order valence-corrected chi connectivity index (χ4v) is 2.89. The highest BCUT2D eigenvalue weighted by molar-refractivity contribution is 7.98. The van der Waals surface area contributed by atoms with E-state index in [4.69, 9.17) is 0 Å². The summed E-state index contributed by atoms with van der Waals surface area (Å²) in [5, 5.41) is 1.07. The second-order valence-electron chi connectivity index (χ2n) is 3.04. The van der Waals surface area contributed by atoms with E-state index in [1.807, 2.05) is 6.92 Å². The molecule has 0 saturated heterocycles. The van der Waals surface area contributed by atoms with E-state index < -0.39 is 11.9 Å². The number of hydrogen-bond donors (Lipinski definition) is 0. The molecule has 1 nitrogen and oxygen atoms in total. The number of aryl methyl sites for hydroxylation is 1. The lowest BCUT2D eigenvalue weighted by Gasteiger charge is -1.97. The molecular weight excluding hydrogens is 255 g/mol. The van der Waals surface area contributed by atoms with Crippen LogP contribution in [0.2, 0.25) is 0 Å². The van der Waals surface area contributed by atoms with Crippen LogP contribution in [0, 0.1) is 0 Å². The van der Waals surface area contributed by atoms with Gasteiger partial charge in [-0.3, -0.25) is 0 Å². The maximum absolute atomic E-state index is 12.4. The summed E-state index contributed by atoms with van der Waals surface area (Å²) in [7, 11) is 0. The maximum Gasteiger partial charge on any atom is 0.301 e. The van der Waals surface area contributed by atoms with Crippen LogP contribution in [0.1, 0.15) is 23.2 Å². The number of aromatic nitrogens is 1. The fraction of sp³-hybridized carbons (Fsp3) is 0.500. The first kappa shape index (κ1) is 13.6. The summed E-state index contributed by atoms with van der Waals surface area (Å²) in [5.41, 5.74) is 0. The third kappa shape index (κ3) is 4.57. The van der Waals surface area contributed by atoms with Gasteiger partial charge in [0.15, 0.2) is 5.83 Å². The molecule has 0 fully saturated rings. The van der Waals surface area contributed by atoms with Crippen LogP contribution in [0.15, 0.2) is 18.1 Å². The van der Waals surface area contributed by atoms with Crippen molar-refractivity contribution in [3.63, 3.8) is 0 Å². The molecule has 0 unspecified atom stereocenters. The van der Waals surface area contributed by atoms with E-state index in [-0.39, 0.29) is 6.42 Å². The van der Waals surface area contributed by atoms with Crippen molar-refractivity contribution in [3.05, 3.63) is 28.0 Å². The van der Waals surface area contributed by atoms with Crippen LogP contribution < -0.4 is 0 Å². The van der Waals surface area contributed by atoms with Crippen LogP contribution in [0.5, 0.6) is 0 Å². The molecular formula is C10H12F3NS2. The Morgan fingerprint density at radius 3 is 2.75 bits per heavy atom. The zero-order valence-electron chi connectivity index (χ0n) is 8.80. The molecule has 0 saturated carbocycles. The molecule has 16 heavy (non-hydrogen) atoms. The highest BCUT2D eigenvalue weighted by Gasteiger charge is 2.05. The predicted molar refractivity (Wildman–Crippen MR) is 62.6 cm³/mol. The lowest BCUT2D eigenvalue weighted by atomic mass is 10.4. The number of rotatable bonds is 6. The zero-order valence-corrected chi connectivity index (χ0v) is 10.4. The summed E-state index contributed by atoms with van der Waals surface area (Å²) in [6, 6.07) is 0. The molecule has 0 aliphatic rings. The first-order valence-electron chi connectivity index (χ1n) is 4.84. The molecule has 0 aliphatic carbocycles. The average molecular weight is 267 g/mol. The van der Waals surface area contributed by atoms with Crippen LogP contribution in [0.3, 0.4) is 0 Å². The standard InChI is InChI=1S/C10H12F3NS2/c1-2-9-14-5-7(16-9)6-15-4-3-8(11)10(12)13/h5H,2-4,6H2,1H3. The van der Waals surface area contributed by atoms with Crippen molar-refractivity contribution >= 4 is 23.1 Å². The molecule has 1 heterocycles. The van der Waals surface area contributed by atoms with Gasteiger partial charge in [-0.25, -0.2) is 9.37 Å². The summed E-state index contributed by atoms with van der Waals surface area (Å²) in [4.78, 5) is 5.28. The molecule has 1 aromatic rings. The first-order chi connectivity index (χ1) is 7.63. The maximum atomic E-state index is 12.4. The molecule has 0 aliphatic heterocycles. The van der Waals surface area contributed by atoms with Gasteiger partial charge in [-0.2, -0.15) is 20.5 Å². The number of allylic oxidation sites excluding steroid dienone is 1. The molecule has 0 N–H and O–H groups in total. The van der Waals surface area contributed by atoms with E-state index in [0.717, 1.165) is 16.3 Å². The Morgan fingerprint density at radius 1 is 1.44 bits per heavy atom. The topological polar surface area (TPSA) is 12.9 Å². The van der Waals surface area contributed by atoms with Crippen molar-refractivity contribution in [1.82, 2.24) is 4.98 Å². The molecule has 1 aromatic heterocycles. The Bertz CT molecular complexity index is 359. The number of halogens is 3. The fourth-order valence-electron chi connectivity index (χ4n) is 1.01. The van der Waals surface area contributed by atoms with E-state index in [0.29, 0.717) is 11.5 Å². The zero-order chi connectivity index (χ0) is 12.0. The molecule has 0 aromatic carbocycles. The second-order valence-corrected chi connectivity index (χ2v) is 5.35. The third-order valence-electron chi connectivity index (χ3n) is 1.82. The molecule has 0 radical (unpaired) electrons. The third-order valence-corrected chi connectivity index (χ3v) is 4.15. The molecule has 1 rings (SSSR count). The van der Waals surface area contributed by atoms with E-state index in [2.05, 4.69) is 4.98 Å². The van der Waals surface area contributed by atoms with Crippen LogP contribution >= 0.6 is 23.1 Å². The summed E-state index contributed by atoms with van der Waals surface area (Å²) in [5.74, 6) is -0.229. The number of thioether (sulfide) groups is 1. The van der Waals surface area contributed by atoms with Crippen molar-refractivity contribution in [3.8, 4) is 0 Å². The van der Waals surface area contributed by atoms with E-state index in [1.54, 1.807) is 17.5 Å². The Labute approximate surface area is 101 Å². The first-order valence-corrected chi connectivity index (χ1v) is 6.81. The minimum Gasteiger partial charge on any atom is -0.249 e. The summed E-state index contributed by atoms with van der Waals surface area (Å²) in [6.07, 6.45) is 0.289. The van der Waals surface area contributed by atoms with E-state index >= 15 is 0 Å². The van der Waals surface area contributed by atoms with Gasteiger partial charge in [-0.05, 0) is 6.42 Å². The average Bonchev–Trinajstić information content (AvgIpc) is 2.71. The predicted octanol–water partition coefficient (Wildman–Crippen LogP) is 4.41. The highest BCUT2D eigenvalue weighted by atomic mass is 32.2. The van der Waals surface area contributed by atoms with Gasteiger partial charge in [0.05, 0.1) is 5.01 Å². The van der Waals surface area contributed by atoms with Crippen LogP contribution in [0.25, 0.3) is 0 Å². The largest absolute Gasteiger partial charge is 0.301 e. The normalized spacial score (nSPS) is 10.5. The second kappa shape index (κ2) is 6.96. The highest BCUT2D eigenvalue weighted by Crippen LogP contribution is 2.22. The smallest absolute Gasteiger partial charge is 0.249 e. The van der Waals surface area contributed by atoms with Gasteiger partial charge in [0.1, 0.15) is 0 Å². The van der Waals surface area contributed by atoms with E-state index in [9.17, 15) is 13.2 Å². The number of nitrogens with zero attached hydrogens (tertiary/aromatic N) is 1. The van der Waals surface area contributed by atoms with Gasteiger partial charge in [0, 0.05) is 29.0 Å². The van der Waals surface area contributed by atoms with Crippen LogP contribution in [0.4, 0.5) is 13.2 Å². The quantitative estimate of drug-likeness (QED) is 0.708. The monoisotopic (exact) mass is 267 g/mol. The van der Waals surface area contributed by atoms with Gasteiger partial charge in [0.2, 0.25) is 0 Å². The Balaban J connectivity index is 2.23. The van der Waals surface area contributed by atoms with Crippen molar-refractivity contribution in [2.45, 2.75) is 25.5 Å². The van der Waals surface area contributed by atoms with Crippen molar-refractivity contribution < 1.29 is 13.2 Å². The summed E-state index contributed by atoms with van der Waals surface area (Å²) >= 11 is 3.05. The molecule has 0 spiro atoms. The van der Waals surface area contributed by atoms with Crippen molar-refractivity contribution in [1.29, 1.82) is 0 Å². The summed E-state index contributed by atoms with van der Waals surface area (Å²) in [6.45, 7) is 2.03. The number of thiazole rings is 1. The molecule has 6 heteroatoms. The Kier molecular flexibility index (Phi) is 5.90. The summed E-state index contributed by atoms with van der Waals surface area (Å²) < 4.78 is 35.8. The lowest BCUT2D eigenvalue weighted by Crippen LogP contribution is -1.83. The molecule has 0 amide bonds. The van der Waals surface area contributed by atoms with Gasteiger partial charge >= 0.3 is 6.08 Å².